The van der Waals surface area contributed by atoms with E-state index >= 15 is 0 Å². The third-order valence-electron chi connectivity index (χ3n) is 2.49. The van der Waals surface area contributed by atoms with Crippen molar-refractivity contribution < 1.29 is 4.79 Å². The van der Waals surface area contributed by atoms with Gasteiger partial charge in [0.2, 0.25) is 5.82 Å². The summed E-state index contributed by atoms with van der Waals surface area (Å²) < 4.78 is 1.64. The van der Waals surface area contributed by atoms with E-state index in [1.54, 1.807) is 29.4 Å². The topological polar surface area (TPSA) is 115 Å². The molecule has 0 saturated carbocycles. The highest BCUT2D eigenvalue weighted by Gasteiger charge is 2.16. The number of hydrogen-bond donors (Lipinski definition) is 2. The number of H-pyrrole nitrogens is 1. The van der Waals surface area contributed by atoms with Crippen molar-refractivity contribution in [3.63, 3.8) is 0 Å². The lowest BCUT2D eigenvalue weighted by Gasteiger charge is -1.98. The Morgan fingerprint density at radius 3 is 3.17 bits per heavy atom. The number of nitrogens with one attached hydrogen (secondary N) is 1. The van der Waals surface area contributed by atoms with E-state index in [0.29, 0.717) is 5.82 Å². The highest BCUT2D eigenvalue weighted by atomic mass is 16.1. The number of carbonyl (C=O) groups excluding carboxylic acids is 1. The number of rotatable bonds is 2. The molecule has 0 saturated heterocycles. The maximum atomic E-state index is 10.9. The van der Waals surface area contributed by atoms with E-state index in [-0.39, 0.29) is 11.7 Å². The summed E-state index contributed by atoms with van der Waals surface area (Å²) >= 11 is 0. The highest BCUT2D eigenvalue weighted by molar-refractivity contribution is 5.88. The van der Waals surface area contributed by atoms with Crippen LogP contribution in [0.1, 0.15) is 22.4 Å². The van der Waals surface area contributed by atoms with Crippen LogP contribution in [0.4, 0.5) is 5.82 Å². The first-order valence-electron chi connectivity index (χ1n) is 5.22. The molecule has 0 bridgehead atoms. The minimum atomic E-state index is -0.667. The van der Waals surface area contributed by atoms with Crippen LogP contribution in [0.2, 0.25) is 0 Å². The zero-order valence-electron chi connectivity index (χ0n) is 9.19. The molecular formula is C10H9N7O. The first-order valence-corrected chi connectivity index (χ1v) is 5.22. The summed E-state index contributed by atoms with van der Waals surface area (Å²) in [6.07, 6.45) is 6.98. The highest BCUT2D eigenvalue weighted by Crippen LogP contribution is 2.19. The van der Waals surface area contributed by atoms with Gasteiger partial charge in [-0.05, 0) is 0 Å². The van der Waals surface area contributed by atoms with Crippen molar-refractivity contribution in [3.8, 4) is 0 Å². The van der Waals surface area contributed by atoms with E-state index in [1.165, 1.54) is 0 Å². The normalized spacial score (nSPS) is 17.4. The lowest BCUT2D eigenvalue weighted by atomic mass is 10.1. The number of primary amides is 1. The van der Waals surface area contributed by atoms with Gasteiger partial charge in [0.15, 0.2) is 5.82 Å². The number of nitrogens with two attached hydrogens (primary N) is 1. The van der Waals surface area contributed by atoms with Crippen LogP contribution in [-0.2, 0) is 0 Å². The fraction of sp³-hybridized carbons (Fsp3) is 0.100. The summed E-state index contributed by atoms with van der Waals surface area (Å²) in [5.41, 5.74) is 5.09. The summed E-state index contributed by atoms with van der Waals surface area (Å²) in [5, 5.41) is 10.5. The molecular weight excluding hydrogens is 234 g/mol. The van der Waals surface area contributed by atoms with E-state index in [0.717, 1.165) is 5.82 Å². The molecule has 1 aliphatic heterocycles. The molecule has 0 spiro atoms. The summed E-state index contributed by atoms with van der Waals surface area (Å²) in [6.45, 7) is 0. The molecule has 3 rings (SSSR count). The average molecular weight is 243 g/mol. The molecule has 0 radical (unpaired) electrons. The zero-order chi connectivity index (χ0) is 12.5. The average Bonchev–Trinajstić information content (AvgIpc) is 2.96. The monoisotopic (exact) mass is 243 g/mol. The van der Waals surface area contributed by atoms with Crippen molar-refractivity contribution in [2.24, 2.45) is 10.7 Å². The molecule has 2 aromatic heterocycles. The zero-order valence-corrected chi connectivity index (χ0v) is 9.19. The Hall–Kier alpha value is -2.77. The largest absolute Gasteiger partial charge is 0.363 e. The molecule has 8 nitrogen and oxygen atoms in total. The Bertz CT molecular complexity index is 622. The number of allylic oxidation sites excluding steroid dienone is 1. The molecule has 1 amide bonds. The van der Waals surface area contributed by atoms with Crippen molar-refractivity contribution in [2.75, 3.05) is 0 Å². The van der Waals surface area contributed by atoms with Gasteiger partial charge in [0.05, 0.1) is 12.1 Å². The van der Waals surface area contributed by atoms with Gasteiger partial charge in [0.25, 0.3) is 5.91 Å². The van der Waals surface area contributed by atoms with Gasteiger partial charge in [-0.3, -0.25) is 9.89 Å². The van der Waals surface area contributed by atoms with Gasteiger partial charge in [-0.1, -0.05) is 6.08 Å². The second-order valence-corrected chi connectivity index (χ2v) is 3.69. The van der Waals surface area contributed by atoms with Gasteiger partial charge in [0, 0.05) is 18.5 Å². The minimum Gasteiger partial charge on any atom is -0.363 e. The molecule has 0 aliphatic carbocycles. The maximum absolute atomic E-state index is 10.9. The number of aliphatic imine (C=N–C) groups is 1. The predicted octanol–water partition coefficient (Wildman–Crippen LogP) is 0.0705. The third kappa shape index (κ3) is 1.69. The Labute approximate surface area is 101 Å². The van der Waals surface area contributed by atoms with E-state index in [4.69, 9.17) is 5.73 Å². The Morgan fingerprint density at radius 2 is 2.39 bits per heavy atom. The van der Waals surface area contributed by atoms with Gasteiger partial charge in [-0.15, -0.1) is 5.10 Å². The molecule has 90 valence electrons. The van der Waals surface area contributed by atoms with Crippen LogP contribution in [0.3, 0.4) is 0 Å². The van der Waals surface area contributed by atoms with Crippen LogP contribution in [0.25, 0.3) is 6.20 Å². The molecule has 1 aliphatic rings. The third-order valence-corrected chi connectivity index (χ3v) is 2.49. The summed E-state index contributed by atoms with van der Waals surface area (Å²) in [6, 6.07) is 1.79. The van der Waals surface area contributed by atoms with Crippen LogP contribution in [0, 0.1) is 0 Å². The van der Waals surface area contributed by atoms with Gasteiger partial charge in [0.1, 0.15) is 5.82 Å². The van der Waals surface area contributed by atoms with E-state index < -0.39 is 5.91 Å². The van der Waals surface area contributed by atoms with Crippen LogP contribution in [-0.4, -0.2) is 37.1 Å². The second-order valence-electron chi connectivity index (χ2n) is 3.69. The first-order chi connectivity index (χ1) is 8.74. The quantitative estimate of drug-likeness (QED) is 0.776. The number of aromatic amines is 1. The van der Waals surface area contributed by atoms with Crippen LogP contribution in [0.15, 0.2) is 23.3 Å². The van der Waals surface area contributed by atoms with Gasteiger partial charge < -0.3 is 5.73 Å². The smallest absolute Gasteiger partial charge is 0.288 e. The fourth-order valence-corrected chi connectivity index (χ4v) is 1.60. The van der Waals surface area contributed by atoms with Crippen LogP contribution in [0.5, 0.6) is 0 Å². The summed E-state index contributed by atoms with van der Waals surface area (Å²) in [5.74, 6) is 0.332. The molecule has 2 aromatic rings. The number of fused-ring (bicyclic) bond motifs is 1. The number of carbonyl (C=O) groups is 1. The van der Waals surface area contributed by atoms with Crippen LogP contribution >= 0.6 is 0 Å². The molecule has 1 atom stereocenters. The molecule has 3 heterocycles. The van der Waals surface area contributed by atoms with Crippen molar-refractivity contribution in [2.45, 2.75) is 5.92 Å². The molecule has 0 fully saturated rings. The molecule has 1 unspecified atom stereocenters. The van der Waals surface area contributed by atoms with E-state index in [9.17, 15) is 4.79 Å². The molecule has 0 aromatic carbocycles. The van der Waals surface area contributed by atoms with Gasteiger partial charge in [-0.2, -0.15) is 5.10 Å². The van der Waals surface area contributed by atoms with Crippen LogP contribution < -0.4 is 5.73 Å². The SMILES string of the molecule is NC(=O)c1n[nH]c(C2C=Cn3nccc3N=C2)n1. The Balaban J connectivity index is 1.92. The number of aromatic nitrogens is 5. The molecule has 8 heteroatoms. The van der Waals surface area contributed by atoms with Crippen molar-refractivity contribution in [3.05, 3.63) is 30.0 Å². The van der Waals surface area contributed by atoms with Crippen molar-refractivity contribution >= 4 is 24.1 Å². The Kier molecular flexibility index (Phi) is 2.26. The van der Waals surface area contributed by atoms with E-state index in [2.05, 4.69) is 25.3 Å². The summed E-state index contributed by atoms with van der Waals surface area (Å²) in [4.78, 5) is 19.2. The standard InChI is InChI=1S/C10H9N7O/c11-8(18)10-14-9(15-16-10)6-2-4-17-7(12-5-6)1-3-13-17/h1-6H,(H2,11,18)(H,14,15,16). The Morgan fingerprint density at radius 1 is 1.50 bits per heavy atom. The van der Waals surface area contributed by atoms with Crippen molar-refractivity contribution in [1.82, 2.24) is 25.0 Å². The lowest BCUT2D eigenvalue weighted by molar-refractivity contribution is 0.0991. The minimum absolute atomic E-state index is 0.0335. The first kappa shape index (κ1) is 10.4. The maximum Gasteiger partial charge on any atom is 0.288 e. The van der Waals surface area contributed by atoms with Gasteiger partial charge in [-0.25, -0.2) is 14.7 Å². The summed E-state index contributed by atoms with van der Waals surface area (Å²) in [7, 11) is 0. The number of nitrogens with zero attached hydrogens (tertiary/aromatic N) is 5. The lowest BCUT2D eigenvalue weighted by Crippen LogP contribution is -2.13. The molecule has 3 N–H and O–H groups in total. The van der Waals surface area contributed by atoms with Crippen molar-refractivity contribution in [1.29, 1.82) is 0 Å². The fourth-order valence-electron chi connectivity index (χ4n) is 1.60. The second kappa shape index (κ2) is 3.91. The number of hydrogen-bond acceptors (Lipinski definition) is 5. The van der Waals surface area contributed by atoms with Gasteiger partial charge >= 0.3 is 0 Å². The van der Waals surface area contributed by atoms with E-state index in [1.807, 2.05) is 6.08 Å². The number of amides is 1. The predicted molar refractivity (Wildman–Crippen MR) is 63.4 cm³/mol. The molecule has 18 heavy (non-hydrogen) atoms.